The van der Waals surface area contributed by atoms with Gasteiger partial charge in [0, 0.05) is 25.6 Å². The van der Waals surface area contributed by atoms with Crippen LogP contribution in [0.4, 0.5) is 0 Å². The monoisotopic (exact) mass is 235 g/mol. The van der Waals surface area contributed by atoms with Crippen LogP contribution in [0.5, 0.6) is 0 Å². The predicted octanol–water partition coefficient (Wildman–Crippen LogP) is -1.47. The van der Waals surface area contributed by atoms with E-state index in [1.807, 2.05) is 0 Å². The lowest BCUT2D eigenvalue weighted by Crippen LogP contribution is -2.43. The summed E-state index contributed by atoms with van der Waals surface area (Å²) in [5.74, 6) is -0.0222. The fraction of sp³-hybridized carbons (Fsp3) is 0.875. The lowest BCUT2D eigenvalue weighted by Gasteiger charge is -2.14. The van der Waals surface area contributed by atoms with Crippen LogP contribution in [0.25, 0.3) is 0 Å². The third kappa shape index (κ3) is 3.44. The van der Waals surface area contributed by atoms with Crippen molar-refractivity contribution in [2.24, 2.45) is 5.73 Å². The molecule has 0 aromatic heterocycles. The molecule has 0 aromatic rings. The van der Waals surface area contributed by atoms with Gasteiger partial charge in [-0.2, -0.15) is 0 Å². The number of sulfonamides is 1. The van der Waals surface area contributed by atoms with E-state index < -0.39 is 15.3 Å². The van der Waals surface area contributed by atoms with Gasteiger partial charge in [-0.15, -0.1) is 0 Å². The number of hydrogen-bond acceptors (Lipinski definition) is 4. The van der Waals surface area contributed by atoms with Crippen LogP contribution < -0.4 is 15.8 Å². The summed E-state index contributed by atoms with van der Waals surface area (Å²) in [6.45, 7) is 1.89. The first-order valence-electron chi connectivity index (χ1n) is 4.93. The van der Waals surface area contributed by atoms with Crippen molar-refractivity contribution in [2.75, 3.05) is 13.1 Å². The molecule has 1 saturated heterocycles. The Morgan fingerprint density at radius 1 is 1.67 bits per heavy atom. The highest BCUT2D eigenvalue weighted by atomic mass is 32.2. The van der Waals surface area contributed by atoms with E-state index in [0.717, 1.165) is 0 Å². The normalized spacial score (nSPS) is 23.9. The molecule has 1 rings (SSSR count). The number of amides is 1. The second-order valence-electron chi connectivity index (χ2n) is 3.74. The second-order valence-corrected chi connectivity index (χ2v) is 5.93. The summed E-state index contributed by atoms with van der Waals surface area (Å²) in [6.07, 6.45) is 1.15. The minimum absolute atomic E-state index is 0.0222. The van der Waals surface area contributed by atoms with E-state index in [9.17, 15) is 13.2 Å². The summed E-state index contributed by atoms with van der Waals surface area (Å²) in [4.78, 5) is 10.9. The minimum atomic E-state index is -3.34. The van der Waals surface area contributed by atoms with Crippen molar-refractivity contribution in [1.82, 2.24) is 10.0 Å². The average molecular weight is 235 g/mol. The molecule has 1 fully saturated rings. The molecule has 1 amide bonds. The zero-order chi connectivity index (χ0) is 11.5. The Hall–Kier alpha value is -0.660. The van der Waals surface area contributed by atoms with Gasteiger partial charge in [-0.05, 0) is 13.3 Å². The molecule has 1 aliphatic heterocycles. The molecule has 4 N–H and O–H groups in total. The number of nitrogens with one attached hydrogen (secondary N) is 2. The zero-order valence-electron chi connectivity index (χ0n) is 8.69. The van der Waals surface area contributed by atoms with Crippen LogP contribution in [0.2, 0.25) is 0 Å². The van der Waals surface area contributed by atoms with E-state index in [0.29, 0.717) is 12.8 Å². The molecule has 2 unspecified atom stereocenters. The summed E-state index contributed by atoms with van der Waals surface area (Å²) in [5, 5.41) is 2.08. The van der Waals surface area contributed by atoms with E-state index in [1.54, 1.807) is 6.92 Å². The third-order valence-electron chi connectivity index (χ3n) is 2.48. The van der Waals surface area contributed by atoms with Crippen molar-refractivity contribution in [1.29, 1.82) is 0 Å². The third-order valence-corrected chi connectivity index (χ3v) is 4.30. The van der Waals surface area contributed by atoms with Gasteiger partial charge in [-0.25, -0.2) is 13.1 Å². The predicted molar refractivity (Wildman–Crippen MR) is 56.6 cm³/mol. The Bertz CT molecular complexity index is 328. The van der Waals surface area contributed by atoms with Crippen LogP contribution in [-0.2, 0) is 14.8 Å². The van der Waals surface area contributed by atoms with Gasteiger partial charge in [-0.1, -0.05) is 0 Å². The molecule has 0 radical (unpaired) electrons. The first-order chi connectivity index (χ1) is 6.95. The van der Waals surface area contributed by atoms with E-state index in [1.165, 1.54) is 0 Å². The highest BCUT2D eigenvalue weighted by Gasteiger charge is 2.24. The van der Waals surface area contributed by atoms with Gasteiger partial charge >= 0.3 is 0 Å². The van der Waals surface area contributed by atoms with Crippen molar-refractivity contribution < 1.29 is 13.2 Å². The standard InChI is InChI=1S/C8H17N3O3S/c1-6(4-9)15(13,14)10-5-7-2-3-8(12)11-7/h6-7,10H,2-5,9H2,1H3,(H,11,12). The van der Waals surface area contributed by atoms with Gasteiger partial charge in [0.25, 0.3) is 0 Å². The molecular weight excluding hydrogens is 218 g/mol. The number of carbonyl (C=O) groups excluding carboxylic acids is 1. The molecule has 0 aromatic carbocycles. The lowest BCUT2D eigenvalue weighted by atomic mass is 10.2. The first kappa shape index (κ1) is 12.4. The van der Waals surface area contributed by atoms with Crippen molar-refractivity contribution in [2.45, 2.75) is 31.1 Å². The van der Waals surface area contributed by atoms with Crippen LogP contribution in [0.3, 0.4) is 0 Å². The molecule has 88 valence electrons. The van der Waals surface area contributed by atoms with E-state index in [-0.39, 0.29) is 25.0 Å². The molecule has 6 nitrogen and oxygen atoms in total. The highest BCUT2D eigenvalue weighted by Crippen LogP contribution is 2.06. The zero-order valence-corrected chi connectivity index (χ0v) is 9.51. The molecule has 0 spiro atoms. The van der Waals surface area contributed by atoms with Crippen molar-refractivity contribution in [3.05, 3.63) is 0 Å². The van der Waals surface area contributed by atoms with E-state index in [2.05, 4.69) is 10.0 Å². The highest BCUT2D eigenvalue weighted by molar-refractivity contribution is 7.90. The maximum atomic E-state index is 11.5. The van der Waals surface area contributed by atoms with Crippen LogP contribution in [0.15, 0.2) is 0 Å². The number of hydrogen-bond donors (Lipinski definition) is 3. The quantitative estimate of drug-likeness (QED) is 0.541. The topological polar surface area (TPSA) is 101 Å². The molecule has 15 heavy (non-hydrogen) atoms. The smallest absolute Gasteiger partial charge is 0.220 e. The van der Waals surface area contributed by atoms with E-state index in [4.69, 9.17) is 5.73 Å². The van der Waals surface area contributed by atoms with Gasteiger partial charge in [0.05, 0.1) is 5.25 Å². The second kappa shape index (κ2) is 4.91. The fourth-order valence-electron chi connectivity index (χ4n) is 1.32. The molecule has 2 atom stereocenters. The van der Waals surface area contributed by atoms with Gasteiger partial charge < -0.3 is 11.1 Å². The summed E-state index contributed by atoms with van der Waals surface area (Å²) in [7, 11) is -3.34. The van der Waals surface area contributed by atoms with Crippen LogP contribution in [-0.4, -0.2) is 38.7 Å². The van der Waals surface area contributed by atoms with Crippen molar-refractivity contribution >= 4 is 15.9 Å². The average Bonchev–Trinajstić information content (AvgIpc) is 2.60. The van der Waals surface area contributed by atoms with Crippen LogP contribution >= 0.6 is 0 Å². The molecule has 0 aliphatic carbocycles. The summed E-state index contributed by atoms with van der Waals surface area (Å²) >= 11 is 0. The molecule has 0 bridgehead atoms. The van der Waals surface area contributed by atoms with E-state index >= 15 is 0 Å². The summed E-state index contributed by atoms with van der Waals surface area (Å²) < 4.78 is 25.4. The number of nitrogens with two attached hydrogens (primary N) is 1. The largest absolute Gasteiger partial charge is 0.352 e. The Morgan fingerprint density at radius 2 is 2.33 bits per heavy atom. The molecule has 1 heterocycles. The minimum Gasteiger partial charge on any atom is -0.352 e. The molecule has 0 saturated carbocycles. The maximum Gasteiger partial charge on any atom is 0.220 e. The van der Waals surface area contributed by atoms with Crippen LogP contribution in [0.1, 0.15) is 19.8 Å². The maximum absolute atomic E-state index is 11.5. The number of carbonyl (C=O) groups is 1. The SMILES string of the molecule is CC(CN)S(=O)(=O)NCC1CCC(=O)N1. The van der Waals surface area contributed by atoms with Crippen molar-refractivity contribution in [3.63, 3.8) is 0 Å². The summed E-state index contributed by atoms with van der Waals surface area (Å²) in [5.41, 5.74) is 5.28. The Kier molecular flexibility index (Phi) is 4.06. The Labute approximate surface area is 89.6 Å². The molecule has 1 aliphatic rings. The number of rotatable bonds is 5. The first-order valence-corrected chi connectivity index (χ1v) is 6.48. The summed E-state index contributed by atoms with van der Waals surface area (Å²) in [6, 6.07) is -0.0859. The molecular formula is C8H17N3O3S. The Morgan fingerprint density at radius 3 is 2.80 bits per heavy atom. The molecule has 7 heteroatoms. The lowest BCUT2D eigenvalue weighted by molar-refractivity contribution is -0.119. The van der Waals surface area contributed by atoms with Gasteiger partial charge in [0.1, 0.15) is 0 Å². The van der Waals surface area contributed by atoms with Crippen molar-refractivity contribution in [3.8, 4) is 0 Å². The Balaban J connectivity index is 2.40. The van der Waals surface area contributed by atoms with Gasteiger partial charge in [0.15, 0.2) is 0 Å². The van der Waals surface area contributed by atoms with Gasteiger partial charge in [-0.3, -0.25) is 4.79 Å². The van der Waals surface area contributed by atoms with Crippen LogP contribution in [0, 0.1) is 0 Å². The fourth-order valence-corrected chi connectivity index (χ4v) is 2.29. The van der Waals surface area contributed by atoms with Gasteiger partial charge in [0.2, 0.25) is 15.9 Å².